The van der Waals surface area contributed by atoms with Crippen LogP contribution in [-0.4, -0.2) is 12.6 Å². The smallest absolute Gasteiger partial charge is 0.124 e. The molecule has 2 atom stereocenters. The third-order valence-electron chi connectivity index (χ3n) is 3.72. The summed E-state index contributed by atoms with van der Waals surface area (Å²) in [7, 11) is 0. The van der Waals surface area contributed by atoms with Gasteiger partial charge in [-0.05, 0) is 37.5 Å². The molecule has 3 heteroatoms. The minimum atomic E-state index is 0.433. The normalized spacial score (nSPS) is 26.5. The van der Waals surface area contributed by atoms with Crippen molar-refractivity contribution in [2.24, 2.45) is 0 Å². The maximum atomic E-state index is 5.72. The number of benzene rings is 1. The SMILES string of the molecule is Brc1ccc2c(c1)C(NC1CC=CCC1)CCO2. The van der Waals surface area contributed by atoms with Gasteiger partial charge in [0.2, 0.25) is 0 Å². The highest BCUT2D eigenvalue weighted by Crippen LogP contribution is 2.34. The van der Waals surface area contributed by atoms with Crippen molar-refractivity contribution in [2.45, 2.75) is 37.8 Å². The van der Waals surface area contributed by atoms with Gasteiger partial charge in [-0.3, -0.25) is 0 Å². The summed E-state index contributed by atoms with van der Waals surface area (Å²) in [5.74, 6) is 1.04. The fraction of sp³-hybridized carbons (Fsp3) is 0.467. The first-order valence-corrected chi connectivity index (χ1v) is 7.45. The van der Waals surface area contributed by atoms with Crippen molar-refractivity contribution >= 4 is 15.9 Å². The van der Waals surface area contributed by atoms with Gasteiger partial charge in [-0.1, -0.05) is 28.1 Å². The van der Waals surface area contributed by atoms with Gasteiger partial charge in [-0.15, -0.1) is 0 Å². The van der Waals surface area contributed by atoms with E-state index in [1.165, 1.54) is 18.4 Å². The van der Waals surface area contributed by atoms with Gasteiger partial charge in [-0.2, -0.15) is 0 Å². The fourth-order valence-electron chi connectivity index (χ4n) is 2.77. The predicted octanol–water partition coefficient (Wildman–Crippen LogP) is 3.97. The maximum absolute atomic E-state index is 5.72. The van der Waals surface area contributed by atoms with E-state index >= 15 is 0 Å². The van der Waals surface area contributed by atoms with Crippen LogP contribution >= 0.6 is 15.9 Å². The minimum Gasteiger partial charge on any atom is -0.493 e. The quantitative estimate of drug-likeness (QED) is 0.835. The molecule has 1 heterocycles. The monoisotopic (exact) mass is 307 g/mol. The number of hydrogen-bond donors (Lipinski definition) is 1. The molecule has 0 saturated carbocycles. The van der Waals surface area contributed by atoms with Gasteiger partial charge < -0.3 is 10.1 Å². The van der Waals surface area contributed by atoms with E-state index in [1.54, 1.807) is 0 Å². The zero-order chi connectivity index (χ0) is 12.4. The van der Waals surface area contributed by atoms with E-state index in [4.69, 9.17) is 4.74 Å². The highest BCUT2D eigenvalue weighted by molar-refractivity contribution is 9.10. The number of ether oxygens (including phenoxy) is 1. The van der Waals surface area contributed by atoms with Crippen molar-refractivity contribution in [1.82, 2.24) is 5.32 Å². The van der Waals surface area contributed by atoms with Crippen molar-refractivity contribution in [1.29, 1.82) is 0 Å². The van der Waals surface area contributed by atoms with Crippen molar-refractivity contribution in [3.05, 3.63) is 40.4 Å². The van der Waals surface area contributed by atoms with Crippen molar-refractivity contribution in [2.75, 3.05) is 6.61 Å². The van der Waals surface area contributed by atoms with Gasteiger partial charge >= 0.3 is 0 Å². The Balaban J connectivity index is 1.78. The van der Waals surface area contributed by atoms with Crippen LogP contribution in [0.3, 0.4) is 0 Å². The summed E-state index contributed by atoms with van der Waals surface area (Å²) in [5, 5.41) is 3.79. The number of allylic oxidation sites excluding steroid dienone is 1. The first kappa shape index (κ1) is 12.2. The highest BCUT2D eigenvalue weighted by Gasteiger charge is 2.24. The maximum Gasteiger partial charge on any atom is 0.124 e. The van der Waals surface area contributed by atoms with Crippen LogP contribution in [0.2, 0.25) is 0 Å². The van der Waals surface area contributed by atoms with Crippen molar-refractivity contribution in [3.8, 4) is 5.75 Å². The third kappa shape index (κ3) is 2.62. The predicted molar refractivity (Wildman–Crippen MR) is 76.9 cm³/mol. The molecule has 1 N–H and O–H groups in total. The summed E-state index contributed by atoms with van der Waals surface area (Å²) in [4.78, 5) is 0. The molecule has 96 valence electrons. The van der Waals surface area contributed by atoms with E-state index in [-0.39, 0.29) is 0 Å². The molecule has 2 aliphatic rings. The molecular formula is C15H18BrNO. The third-order valence-corrected chi connectivity index (χ3v) is 4.21. The first-order valence-electron chi connectivity index (χ1n) is 6.66. The van der Waals surface area contributed by atoms with E-state index in [1.807, 2.05) is 6.07 Å². The van der Waals surface area contributed by atoms with Crippen molar-refractivity contribution < 1.29 is 4.74 Å². The van der Waals surface area contributed by atoms with Gasteiger partial charge in [0.05, 0.1) is 6.61 Å². The lowest BCUT2D eigenvalue weighted by atomic mass is 9.96. The van der Waals surface area contributed by atoms with E-state index in [0.29, 0.717) is 12.1 Å². The molecule has 18 heavy (non-hydrogen) atoms. The molecule has 2 unspecified atom stereocenters. The standard InChI is InChI=1S/C15H18BrNO/c16-11-6-7-15-13(10-11)14(8-9-18-15)17-12-4-2-1-3-5-12/h1-2,6-7,10,12,14,17H,3-5,8-9H2. The molecular weight excluding hydrogens is 290 g/mol. The molecule has 1 aromatic rings. The molecule has 0 radical (unpaired) electrons. The Hall–Kier alpha value is -0.800. The molecule has 0 spiro atoms. The Morgan fingerprint density at radius 1 is 1.22 bits per heavy atom. The van der Waals surface area contributed by atoms with Crippen LogP contribution < -0.4 is 10.1 Å². The summed E-state index contributed by atoms with van der Waals surface area (Å²) in [5.41, 5.74) is 1.30. The number of hydrogen-bond acceptors (Lipinski definition) is 2. The van der Waals surface area contributed by atoms with Gasteiger partial charge in [0.25, 0.3) is 0 Å². The lowest BCUT2D eigenvalue weighted by molar-refractivity contribution is 0.241. The second-order valence-corrected chi connectivity index (χ2v) is 5.94. The van der Waals surface area contributed by atoms with Crippen LogP contribution in [0.4, 0.5) is 0 Å². The zero-order valence-corrected chi connectivity index (χ0v) is 11.9. The first-order chi connectivity index (χ1) is 8.83. The van der Waals surface area contributed by atoms with E-state index in [9.17, 15) is 0 Å². The second-order valence-electron chi connectivity index (χ2n) is 5.02. The molecule has 0 aromatic heterocycles. The topological polar surface area (TPSA) is 21.3 Å². The molecule has 1 aromatic carbocycles. The number of rotatable bonds is 2. The Morgan fingerprint density at radius 3 is 3.00 bits per heavy atom. The molecule has 3 rings (SSSR count). The molecule has 2 nitrogen and oxygen atoms in total. The van der Waals surface area contributed by atoms with Crippen LogP contribution in [0.1, 0.15) is 37.3 Å². The summed E-state index contributed by atoms with van der Waals surface area (Å²) in [6.45, 7) is 0.814. The summed E-state index contributed by atoms with van der Waals surface area (Å²) in [6, 6.07) is 7.34. The molecule has 1 aliphatic carbocycles. The van der Waals surface area contributed by atoms with Gasteiger partial charge in [0, 0.05) is 28.5 Å². The molecule has 0 saturated heterocycles. The van der Waals surface area contributed by atoms with Gasteiger partial charge in [-0.25, -0.2) is 0 Å². The van der Waals surface area contributed by atoms with Crippen LogP contribution in [0.25, 0.3) is 0 Å². The molecule has 0 fully saturated rings. The molecule has 0 amide bonds. The summed E-state index contributed by atoms with van der Waals surface area (Å²) >= 11 is 3.55. The van der Waals surface area contributed by atoms with Gasteiger partial charge in [0.15, 0.2) is 0 Å². The molecule has 1 aliphatic heterocycles. The number of nitrogens with one attached hydrogen (secondary N) is 1. The fourth-order valence-corrected chi connectivity index (χ4v) is 3.15. The lowest BCUT2D eigenvalue weighted by Crippen LogP contribution is -2.36. The zero-order valence-electron chi connectivity index (χ0n) is 10.4. The Morgan fingerprint density at radius 2 is 2.17 bits per heavy atom. The number of halogens is 1. The van der Waals surface area contributed by atoms with Crippen molar-refractivity contribution in [3.63, 3.8) is 0 Å². The second kappa shape index (κ2) is 5.45. The lowest BCUT2D eigenvalue weighted by Gasteiger charge is -2.31. The van der Waals surface area contributed by atoms with Crippen LogP contribution in [0.15, 0.2) is 34.8 Å². The molecule has 0 bridgehead atoms. The highest BCUT2D eigenvalue weighted by atomic mass is 79.9. The largest absolute Gasteiger partial charge is 0.493 e. The summed E-state index contributed by atoms with van der Waals surface area (Å²) in [6.07, 6.45) is 9.24. The minimum absolute atomic E-state index is 0.433. The Labute approximate surface area is 117 Å². The van der Waals surface area contributed by atoms with Crippen LogP contribution in [-0.2, 0) is 0 Å². The van der Waals surface area contributed by atoms with E-state index in [2.05, 4.69) is 45.5 Å². The average molecular weight is 308 g/mol. The average Bonchev–Trinajstić information content (AvgIpc) is 2.41. The van der Waals surface area contributed by atoms with Crippen LogP contribution in [0.5, 0.6) is 5.75 Å². The van der Waals surface area contributed by atoms with E-state index in [0.717, 1.165) is 29.7 Å². The van der Waals surface area contributed by atoms with E-state index < -0.39 is 0 Å². The van der Waals surface area contributed by atoms with Crippen LogP contribution in [0, 0.1) is 0 Å². The Kier molecular flexibility index (Phi) is 3.71. The summed E-state index contributed by atoms with van der Waals surface area (Å²) < 4.78 is 6.85. The van der Waals surface area contributed by atoms with Gasteiger partial charge in [0.1, 0.15) is 5.75 Å². The Bertz CT molecular complexity index is 458. The number of fused-ring (bicyclic) bond motifs is 1.